The summed E-state index contributed by atoms with van der Waals surface area (Å²) in [4.78, 5) is 13.7. The van der Waals surface area contributed by atoms with Crippen molar-refractivity contribution < 1.29 is 18.0 Å². The molecule has 76 valence electrons. The molecule has 0 unspecified atom stereocenters. The molecule has 14 heavy (non-hydrogen) atoms. The van der Waals surface area contributed by atoms with Gasteiger partial charge in [-0.3, -0.25) is 4.79 Å². The highest BCUT2D eigenvalue weighted by molar-refractivity contribution is 14.1. The zero-order valence-electron chi connectivity index (χ0n) is 6.60. The predicted molar refractivity (Wildman–Crippen MR) is 50.4 cm³/mol. The molecule has 1 aromatic heterocycles. The Labute approximate surface area is 90.6 Å². The number of rotatable bonds is 2. The highest BCUT2D eigenvalue weighted by Gasteiger charge is 2.19. The number of primary amides is 1. The summed E-state index contributed by atoms with van der Waals surface area (Å²) >= 11 is 1.51. The lowest BCUT2D eigenvalue weighted by Gasteiger charge is -2.04. The normalized spacial score (nSPS) is 10.6. The highest BCUT2D eigenvalue weighted by Crippen LogP contribution is 2.23. The lowest BCUT2D eigenvalue weighted by molar-refractivity contribution is 0.0988. The lowest BCUT2D eigenvalue weighted by atomic mass is 10.3. The van der Waals surface area contributed by atoms with Gasteiger partial charge in [-0.25, -0.2) is 18.2 Å². The molecule has 0 aliphatic carbocycles. The van der Waals surface area contributed by atoms with E-state index in [4.69, 9.17) is 5.73 Å². The first-order chi connectivity index (χ1) is 6.43. The molecule has 0 bridgehead atoms. The van der Waals surface area contributed by atoms with Gasteiger partial charge in [0.1, 0.15) is 5.69 Å². The third kappa shape index (κ3) is 2.14. The number of carbonyl (C=O) groups excluding carboxylic acids is 1. The maximum atomic E-state index is 12.9. The van der Waals surface area contributed by atoms with Gasteiger partial charge in [-0.15, -0.1) is 0 Å². The van der Waals surface area contributed by atoms with Crippen LogP contribution in [0.4, 0.5) is 13.2 Å². The molecule has 1 amide bonds. The molecule has 0 spiro atoms. The number of amides is 1. The second kappa shape index (κ2) is 4.11. The predicted octanol–water partition coefficient (Wildman–Crippen LogP) is 1.86. The topological polar surface area (TPSA) is 56.0 Å². The van der Waals surface area contributed by atoms with Crippen LogP contribution in [0.5, 0.6) is 0 Å². The van der Waals surface area contributed by atoms with Crippen molar-refractivity contribution in [3.8, 4) is 0 Å². The quantitative estimate of drug-likeness (QED) is 0.847. The monoisotopic (exact) mass is 316 g/mol. The van der Waals surface area contributed by atoms with Crippen LogP contribution in [0.2, 0.25) is 0 Å². The van der Waals surface area contributed by atoms with Gasteiger partial charge in [0.2, 0.25) is 0 Å². The van der Waals surface area contributed by atoms with E-state index in [1.807, 2.05) is 0 Å². The second-order valence-corrected chi connectivity index (χ2v) is 3.51. The van der Waals surface area contributed by atoms with E-state index in [9.17, 15) is 18.0 Å². The average molecular weight is 316 g/mol. The van der Waals surface area contributed by atoms with Crippen molar-refractivity contribution in [2.45, 2.75) is 6.43 Å². The van der Waals surface area contributed by atoms with E-state index >= 15 is 0 Å². The molecule has 2 N–H and O–H groups in total. The average Bonchev–Trinajstić information content (AvgIpc) is 2.02. The summed E-state index contributed by atoms with van der Waals surface area (Å²) in [5.74, 6) is -2.16. The summed E-state index contributed by atoms with van der Waals surface area (Å²) in [6.45, 7) is 0. The summed E-state index contributed by atoms with van der Waals surface area (Å²) in [6, 6.07) is 0.801. The molecule has 0 fully saturated rings. The fourth-order valence-electron chi connectivity index (χ4n) is 0.807. The van der Waals surface area contributed by atoms with Crippen LogP contribution in [0.25, 0.3) is 0 Å². The molecule has 1 aromatic rings. The molecular weight excluding hydrogens is 312 g/mol. The van der Waals surface area contributed by atoms with Crippen LogP contribution in [-0.2, 0) is 0 Å². The van der Waals surface area contributed by atoms with Crippen LogP contribution in [0.1, 0.15) is 22.6 Å². The Morgan fingerprint density at radius 2 is 2.14 bits per heavy atom. The van der Waals surface area contributed by atoms with Crippen molar-refractivity contribution in [2.75, 3.05) is 0 Å². The molecule has 3 nitrogen and oxygen atoms in total. The molecule has 0 saturated heterocycles. The van der Waals surface area contributed by atoms with Gasteiger partial charge in [-0.2, -0.15) is 0 Å². The Hall–Kier alpha value is -0.860. The lowest BCUT2D eigenvalue weighted by Crippen LogP contribution is -2.17. The summed E-state index contributed by atoms with van der Waals surface area (Å²) in [5, 5.41) is 0. The minimum absolute atomic E-state index is 0.0416. The number of pyridine rings is 1. The second-order valence-electron chi connectivity index (χ2n) is 2.35. The number of hydrogen-bond donors (Lipinski definition) is 1. The molecule has 0 saturated carbocycles. The summed E-state index contributed by atoms with van der Waals surface area (Å²) in [5.41, 5.74) is 3.34. The molecule has 1 heterocycles. The largest absolute Gasteiger partial charge is 0.364 e. The van der Waals surface area contributed by atoms with Gasteiger partial charge in [0.05, 0.1) is 0 Å². The smallest absolute Gasteiger partial charge is 0.281 e. The first kappa shape index (κ1) is 11.2. The first-order valence-corrected chi connectivity index (χ1v) is 4.45. The van der Waals surface area contributed by atoms with Crippen molar-refractivity contribution in [3.63, 3.8) is 0 Å². The third-order valence-corrected chi connectivity index (χ3v) is 2.26. The number of hydrogen-bond acceptors (Lipinski definition) is 2. The van der Waals surface area contributed by atoms with Gasteiger partial charge in [-0.05, 0) is 28.7 Å². The Bertz CT molecular complexity index is 383. The summed E-state index contributed by atoms with van der Waals surface area (Å²) < 4.78 is 37.4. The standard InChI is InChI=1S/C7H4F3IN2O/c8-2-1-3(11)5(6(9)10)13-4(2)7(12)14/h1,6H,(H2,12,14). The van der Waals surface area contributed by atoms with Crippen LogP contribution < -0.4 is 5.73 Å². The van der Waals surface area contributed by atoms with Crippen molar-refractivity contribution in [1.82, 2.24) is 4.98 Å². The zero-order chi connectivity index (χ0) is 10.9. The van der Waals surface area contributed by atoms with Gasteiger partial charge < -0.3 is 5.73 Å². The molecule has 7 heteroatoms. The number of nitrogens with two attached hydrogens (primary N) is 1. The van der Waals surface area contributed by atoms with Crippen LogP contribution in [0, 0.1) is 9.39 Å². The van der Waals surface area contributed by atoms with Crippen LogP contribution in [0.3, 0.4) is 0 Å². The minimum atomic E-state index is -2.86. The fraction of sp³-hybridized carbons (Fsp3) is 0.143. The molecule has 0 radical (unpaired) electrons. The number of alkyl halides is 2. The molecule has 1 rings (SSSR count). The van der Waals surface area contributed by atoms with Gasteiger partial charge in [-0.1, -0.05) is 0 Å². The zero-order valence-corrected chi connectivity index (χ0v) is 8.76. The van der Waals surface area contributed by atoms with Gasteiger partial charge >= 0.3 is 0 Å². The number of halogens is 4. The van der Waals surface area contributed by atoms with Crippen molar-refractivity contribution in [2.24, 2.45) is 5.73 Å². The Morgan fingerprint density at radius 1 is 1.57 bits per heavy atom. The Balaban J connectivity index is 3.34. The van der Waals surface area contributed by atoms with Crippen LogP contribution >= 0.6 is 22.6 Å². The SMILES string of the molecule is NC(=O)c1nc(C(F)F)c(I)cc1F. The Kier molecular flexibility index (Phi) is 3.29. The van der Waals surface area contributed by atoms with Gasteiger partial charge in [0.15, 0.2) is 11.5 Å². The van der Waals surface area contributed by atoms with Crippen molar-refractivity contribution >= 4 is 28.5 Å². The number of nitrogens with zero attached hydrogens (tertiary/aromatic N) is 1. The van der Waals surface area contributed by atoms with E-state index < -0.39 is 29.5 Å². The first-order valence-electron chi connectivity index (χ1n) is 3.37. The van der Waals surface area contributed by atoms with Crippen molar-refractivity contribution in [1.29, 1.82) is 0 Å². The van der Waals surface area contributed by atoms with Gasteiger partial charge in [0.25, 0.3) is 12.3 Å². The van der Waals surface area contributed by atoms with E-state index in [-0.39, 0.29) is 3.57 Å². The molecule has 0 atom stereocenters. The number of carbonyl (C=O) groups is 1. The summed E-state index contributed by atoms with van der Waals surface area (Å²) in [6.07, 6.45) is -2.86. The molecule has 0 aliphatic heterocycles. The van der Waals surface area contributed by atoms with E-state index in [0.717, 1.165) is 6.07 Å². The molecular formula is C7H4F3IN2O. The summed E-state index contributed by atoms with van der Waals surface area (Å²) in [7, 11) is 0. The van der Waals surface area contributed by atoms with E-state index in [1.165, 1.54) is 22.6 Å². The fourth-order valence-corrected chi connectivity index (χ4v) is 1.44. The highest BCUT2D eigenvalue weighted by atomic mass is 127. The minimum Gasteiger partial charge on any atom is -0.364 e. The van der Waals surface area contributed by atoms with E-state index in [2.05, 4.69) is 4.98 Å². The maximum Gasteiger partial charge on any atom is 0.281 e. The molecule has 0 aliphatic rings. The van der Waals surface area contributed by atoms with E-state index in [0.29, 0.717) is 0 Å². The third-order valence-electron chi connectivity index (χ3n) is 1.40. The van der Waals surface area contributed by atoms with E-state index in [1.54, 1.807) is 0 Å². The van der Waals surface area contributed by atoms with Crippen molar-refractivity contribution in [3.05, 3.63) is 26.8 Å². The van der Waals surface area contributed by atoms with Crippen LogP contribution in [0.15, 0.2) is 6.07 Å². The molecule has 0 aromatic carbocycles. The Morgan fingerprint density at radius 3 is 2.57 bits per heavy atom. The maximum absolute atomic E-state index is 12.9. The van der Waals surface area contributed by atoms with Crippen LogP contribution in [-0.4, -0.2) is 10.9 Å². The van der Waals surface area contributed by atoms with Gasteiger partial charge in [0, 0.05) is 3.57 Å². The number of aromatic nitrogens is 1.